The van der Waals surface area contributed by atoms with Gasteiger partial charge in [0, 0.05) is 31.9 Å². The molecule has 2 heterocycles. The van der Waals surface area contributed by atoms with Crippen LogP contribution in [0.4, 0.5) is 13.2 Å². The summed E-state index contributed by atoms with van der Waals surface area (Å²) in [6.07, 6.45) is -1.85. The quantitative estimate of drug-likeness (QED) is 0.595. The van der Waals surface area contributed by atoms with E-state index in [9.17, 15) is 26.4 Å². The zero-order chi connectivity index (χ0) is 22.9. The molecule has 1 fully saturated rings. The SMILES string of the molecule is O=C(c1cncn1-c1ccccc1)N1CCN(S(=O)(=O)c2ccccc2C(F)(F)F)CC1. The van der Waals surface area contributed by atoms with Gasteiger partial charge in [-0.3, -0.25) is 9.36 Å². The van der Waals surface area contributed by atoms with Crippen LogP contribution < -0.4 is 0 Å². The number of sulfonamides is 1. The van der Waals surface area contributed by atoms with Crippen LogP contribution in [0.5, 0.6) is 0 Å². The molecular formula is C21H19F3N4O3S. The van der Waals surface area contributed by atoms with Gasteiger partial charge in [-0.25, -0.2) is 13.4 Å². The molecule has 0 aliphatic carbocycles. The molecular weight excluding hydrogens is 445 g/mol. The van der Waals surface area contributed by atoms with Crippen molar-refractivity contribution in [2.45, 2.75) is 11.1 Å². The average molecular weight is 464 g/mol. The van der Waals surface area contributed by atoms with Crippen LogP contribution in [0.2, 0.25) is 0 Å². The molecule has 1 aromatic heterocycles. The lowest BCUT2D eigenvalue weighted by atomic mass is 10.2. The fourth-order valence-electron chi connectivity index (χ4n) is 3.61. The Hall–Kier alpha value is -3.18. The Morgan fingerprint density at radius 2 is 1.53 bits per heavy atom. The minimum Gasteiger partial charge on any atom is -0.335 e. The van der Waals surface area contributed by atoms with Crippen LogP contribution in [0.15, 0.2) is 72.0 Å². The Kier molecular flexibility index (Phi) is 5.78. The van der Waals surface area contributed by atoms with E-state index in [2.05, 4.69) is 4.98 Å². The predicted octanol–water partition coefficient (Wildman–Crippen LogP) is 3.04. The van der Waals surface area contributed by atoms with E-state index in [-0.39, 0.29) is 32.1 Å². The fourth-order valence-corrected chi connectivity index (χ4v) is 5.24. The van der Waals surface area contributed by atoms with Crippen molar-refractivity contribution in [2.24, 2.45) is 0 Å². The Morgan fingerprint density at radius 3 is 2.19 bits per heavy atom. The van der Waals surface area contributed by atoms with E-state index in [0.717, 1.165) is 28.2 Å². The summed E-state index contributed by atoms with van der Waals surface area (Å²) in [5.41, 5.74) is -0.140. The van der Waals surface area contributed by atoms with Crippen molar-refractivity contribution < 1.29 is 26.4 Å². The van der Waals surface area contributed by atoms with Crippen LogP contribution >= 0.6 is 0 Å². The van der Waals surface area contributed by atoms with Crippen molar-refractivity contribution in [1.29, 1.82) is 0 Å². The van der Waals surface area contributed by atoms with E-state index in [4.69, 9.17) is 0 Å². The van der Waals surface area contributed by atoms with Gasteiger partial charge in [0.15, 0.2) is 0 Å². The highest BCUT2D eigenvalue weighted by atomic mass is 32.2. The number of para-hydroxylation sites is 1. The maximum Gasteiger partial charge on any atom is 0.417 e. The van der Waals surface area contributed by atoms with Gasteiger partial charge in [-0.05, 0) is 24.3 Å². The first-order valence-electron chi connectivity index (χ1n) is 9.73. The summed E-state index contributed by atoms with van der Waals surface area (Å²) >= 11 is 0. The monoisotopic (exact) mass is 464 g/mol. The zero-order valence-corrected chi connectivity index (χ0v) is 17.6. The van der Waals surface area contributed by atoms with Crippen LogP contribution in [0.25, 0.3) is 5.69 Å². The van der Waals surface area contributed by atoms with E-state index >= 15 is 0 Å². The first-order valence-corrected chi connectivity index (χ1v) is 11.2. The van der Waals surface area contributed by atoms with Crippen molar-refractivity contribution in [1.82, 2.24) is 18.8 Å². The molecule has 11 heteroatoms. The number of rotatable bonds is 4. The summed E-state index contributed by atoms with van der Waals surface area (Å²) in [6.45, 7) is -0.127. The molecule has 0 atom stereocenters. The van der Waals surface area contributed by atoms with Gasteiger partial charge in [0.2, 0.25) is 10.0 Å². The molecule has 0 N–H and O–H groups in total. The molecule has 168 valence electrons. The second-order valence-corrected chi connectivity index (χ2v) is 9.08. The van der Waals surface area contributed by atoms with Gasteiger partial charge >= 0.3 is 6.18 Å². The second kappa shape index (κ2) is 8.40. The van der Waals surface area contributed by atoms with E-state index < -0.39 is 26.7 Å². The van der Waals surface area contributed by atoms with Crippen molar-refractivity contribution in [3.8, 4) is 5.69 Å². The highest BCUT2D eigenvalue weighted by Gasteiger charge is 2.40. The molecule has 32 heavy (non-hydrogen) atoms. The molecule has 4 rings (SSSR count). The Morgan fingerprint density at radius 1 is 0.906 bits per heavy atom. The number of hydrogen-bond acceptors (Lipinski definition) is 4. The molecule has 1 saturated heterocycles. The van der Waals surface area contributed by atoms with Gasteiger partial charge in [-0.15, -0.1) is 0 Å². The van der Waals surface area contributed by atoms with E-state index in [0.29, 0.717) is 5.69 Å². The molecule has 0 unspecified atom stereocenters. The van der Waals surface area contributed by atoms with Gasteiger partial charge in [0.05, 0.1) is 23.0 Å². The third-order valence-corrected chi connectivity index (χ3v) is 7.18. The maximum absolute atomic E-state index is 13.3. The number of halogens is 3. The number of alkyl halides is 3. The number of piperazine rings is 1. The molecule has 1 aliphatic heterocycles. The first kappa shape index (κ1) is 22.0. The predicted molar refractivity (Wildman–Crippen MR) is 110 cm³/mol. The lowest BCUT2D eigenvalue weighted by molar-refractivity contribution is -0.139. The largest absolute Gasteiger partial charge is 0.417 e. The lowest BCUT2D eigenvalue weighted by Crippen LogP contribution is -2.51. The minimum atomic E-state index is -4.79. The van der Waals surface area contributed by atoms with Crippen molar-refractivity contribution in [2.75, 3.05) is 26.2 Å². The number of carbonyl (C=O) groups is 1. The third-order valence-electron chi connectivity index (χ3n) is 5.23. The number of amides is 1. The Balaban J connectivity index is 1.51. The van der Waals surface area contributed by atoms with Crippen molar-refractivity contribution in [3.05, 3.63) is 78.4 Å². The summed E-state index contributed by atoms with van der Waals surface area (Å²) in [5, 5.41) is 0. The fraction of sp³-hybridized carbons (Fsp3) is 0.238. The number of hydrogen-bond donors (Lipinski definition) is 0. The molecule has 7 nitrogen and oxygen atoms in total. The van der Waals surface area contributed by atoms with Crippen LogP contribution in [0, 0.1) is 0 Å². The van der Waals surface area contributed by atoms with Crippen molar-refractivity contribution in [3.63, 3.8) is 0 Å². The Bertz CT molecular complexity index is 1220. The normalized spacial score (nSPS) is 15.7. The molecule has 3 aromatic rings. The summed E-state index contributed by atoms with van der Waals surface area (Å²) in [4.78, 5) is 17.7. The first-order chi connectivity index (χ1) is 15.2. The highest BCUT2D eigenvalue weighted by molar-refractivity contribution is 7.89. The lowest BCUT2D eigenvalue weighted by Gasteiger charge is -2.34. The topological polar surface area (TPSA) is 75.5 Å². The summed E-state index contributed by atoms with van der Waals surface area (Å²) in [7, 11) is -4.37. The summed E-state index contributed by atoms with van der Waals surface area (Å²) in [6, 6.07) is 13.2. The number of aromatic nitrogens is 2. The van der Waals surface area contributed by atoms with E-state index in [1.807, 2.05) is 30.3 Å². The number of carbonyl (C=O) groups excluding carboxylic acids is 1. The smallest absolute Gasteiger partial charge is 0.335 e. The third kappa shape index (κ3) is 4.13. The van der Waals surface area contributed by atoms with Crippen molar-refractivity contribution >= 4 is 15.9 Å². The molecule has 0 radical (unpaired) electrons. The highest BCUT2D eigenvalue weighted by Crippen LogP contribution is 2.35. The molecule has 0 bridgehead atoms. The number of imidazole rings is 1. The van der Waals surface area contributed by atoms with Crippen LogP contribution in [0.3, 0.4) is 0 Å². The molecule has 0 saturated carbocycles. The van der Waals surface area contributed by atoms with Gasteiger partial charge in [-0.1, -0.05) is 30.3 Å². The van der Waals surface area contributed by atoms with Gasteiger partial charge in [0.1, 0.15) is 5.69 Å². The zero-order valence-electron chi connectivity index (χ0n) is 16.7. The average Bonchev–Trinajstić information content (AvgIpc) is 3.29. The number of benzene rings is 2. The van der Waals surface area contributed by atoms with Crippen LogP contribution in [-0.2, 0) is 16.2 Å². The van der Waals surface area contributed by atoms with Gasteiger partial charge < -0.3 is 4.90 Å². The van der Waals surface area contributed by atoms with E-state index in [1.54, 1.807) is 4.57 Å². The van der Waals surface area contributed by atoms with E-state index in [1.165, 1.54) is 23.5 Å². The minimum absolute atomic E-state index is 0.0478. The molecule has 1 aliphatic rings. The summed E-state index contributed by atoms with van der Waals surface area (Å²) < 4.78 is 68.3. The Labute approximate surface area is 182 Å². The van der Waals surface area contributed by atoms with Crippen LogP contribution in [-0.4, -0.2) is 59.3 Å². The maximum atomic E-state index is 13.3. The van der Waals surface area contributed by atoms with Crippen LogP contribution in [0.1, 0.15) is 16.1 Å². The molecule has 0 spiro atoms. The number of nitrogens with zero attached hydrogens (tertiary/aromatic N) is 4. The van der Waals surface area contributed by atoms with Gasteiger partial charge in [-0.2, -0.15) is 17.5 Å². The second-order valence-electron chi connectivity index (χ2n) is 7.17. The summed E-state index contributed by atoms with van der Waals surface area (Å²) in [5.74, 6) is -0.334. The standard InChI is InChI=1S/C21H19F3N4O3S/c22-21(23,24)17-8-4-5-9-19(17)32(30,31)27-12-10-26(11-13-27)20(29)18-14-25-15-28(18)16-6-2-1-3-7-16/h1-9,14-15H,10-13H2. The van der Waals surface area contributed by atoms with Gasteiger partial charge in [0.25, 0.3) is 5.91 Å². The molecule has 1 amide bonds. The molecule has 2 aromatic carbocycles.